The van der Waals surface area contributed by atoms with Crippen molar-refractivity contribution in [3.05, 3.63) is 27.7 Å². The minimum absolute atomic E-state index is 0.00914. The zero-order valence-electron chi connectivity index (χ0n) is 6.77. The molecule has 13 heavy (non-hydrogen) atoms. The van der Waals surface area contributed by atoms with Crippen LogP contribution in [0.5, 0.6) is 5.75 Å². The summed E-state index contributed by atoms with van der Waals surface area (Å²) in [6.07, 6.45) is 0. The summed E-state index contributed by atoms with van der Waals surface area (Å²) < 4.78 is 30.8. The number of aliphatic hydroxyl groups is 1. The highest BCUT2D eigenvalue weighted by molar-refractivity contribution is 9.10. The lowest BCUT2D eigenvalue weighted by molar-refractivity contribution is 0.270. The number of benzene rings is 1. The lowest BCUT2D eigenvalue weighted by Crippen LogP contribution is -1.99. The molecule has 1 aromatic rings. The van der Waals surface area contributed by atoms with Gasteiger partial charge in [0.05, 0.1) is 18.2 Å². The third-order valence-corrected chi connectivity index (χ3v) is 2.14. The van der Waals surface area contributed by atoms with Crippen molar-refractivity contribution in [3.63, 3.8) is 0 Å². The molecule has 0 aliphatic rings. The molecule has 0 fully saturated rings. The second-order valence-corrected chi connectivity index (χ2v) is 3.19. The number of aliphatic hydroxyl groups excluding tert-OH is 1. The highest BCUT2D eigenvalue weighted by atomic mass is 79.9. The molecular formula is C8H7BrF2O2. The highest BCUT2D eigenvalue weighted by Gasteiger charge is 2.17. The van der Waals surface area contributed by atoms with Crippen LogP contribution < -0.4 is 4.74 Å². The van der Waals surface area contributed by atoms with Gasteiger partial charge in [0.25, 0.3) is 0 Å². The van der Waals surface area contributed by atoms with Crippen molar-refractivity contribution in [1.29, 1.82) is 0 Å². The molecule has 5 heteroatoms. The molecule has 0 aliphatic heterocycles. The Kier molecular flexibility index (Phi) is 3.22. The molecule has 0 spiro atoms. The van der Waals surface area contributed by atoms with Gasteiger partial charge in [0.15, 0.2) is 17.4 Å². The van der Waals surface area contributed by atoms with Crippen LogP contribution in [-0.4, -0.2) is 12.2 Å². The molecule has 0 radical (unpaired) electrons. The number of hydrogen-bond acceptors (Lipinski definition) is 2. The molecular weight excluding hydrogens is 246 g/mol. The Morgan fingerprint density at radius 3 is 2.54 bits per heavy atom. The summed E-state index contributed by atoms with van der Waals surface area (Å²) in [5, 5.41) is 8.71. The van der Waals surface area contributed by atoms with Crippen LogP contribution in [0.2, 0.25) is 0 Å². The lowest BCUT2D eigenvalue weighted by Gasteiger charge is -2.08. The molecule has 1 rings (SSSR count). The van der Waals surface area contributed by atoms with Gasteiger partial charge in [0, 0.05) is 5.56 Å². The van der Waals surface area contributed by atoms with Crippen molar-refractivity contribution in [2.24, 2.45) is 0 Å². The molecule has 1 N–H and O–H groups in total. The van der Waals surface area contributed by atoms with Gasteiger partial charge in [-0.2, -0.15) is 0 Å². The minimum Gasteiger partial charge on any atom is -0.491 e. The molecule has 0 saturated carbocycles. The van der Waals surface area contributed by atoms with Crippen LogP contribution in [-0.2, 0) is 6.61 Å². The first-order valence-electron chi connectivity index (χ1n) is 3.43. The predicted octanol–water partition coefficient (Wildman–Crippen LogP) is 2.23. The molecule has 0 saturated heterocycles. The van der Waals surface area contributed by atoms with Gasteiger partial charge in [-0.15, -0.1) is 0 Å². The van der Waals surface area contributed by atoms with Crippen LogP contribution in [0.3, 0.4) is 0 Å². The molecule has 0 atom stereocenters. The summed E-state index contributed by atoms with van der Waals surface area (Å²) in [5.41, 5.74) is -0.00914. The average Bonchev–Trinajstić information content (AvgIpc) is 2.12. The molecule has 0 aliphatic carbocycles. The second-order valence-electron chi connectivity index (χ2n) is 2.34. The van der Waals surface area contributed by atoms with Gasteiger partial charge in [0.2, 0.25) is 0 Å². The zero-order valence-corrected chi connectivity index (χ0v) is 8.36. The van der Waals surface area contributed by atoms with Gasteiger partial charge in [-0.1, -0.05) is 0 Å². The Bertz CT molecular complexity index is 328. The Hall–Kier alpha value is -0.680. The number of halogens is 3. The summed E-state index contributed by atoms with van der Waals surface area (Å²) in [6, 6.07) is 1.17. The fourth-order valence-corrected chi connectivity index (χ4v) is 1.38. The average molecular weight is 253 g/mol. The maximum atomic E-state index is 13.2. The van der Waals surface area contributed by atoms with Crippen molar-refractivity contribution in [2.75, 3.05) is 7.11 Å². The SMILES string of the molecule is COc1c(F)c(Br)cc(CO)c1F. The fraction of sp³-hybridized carbons (Fsp3) is 0.250. The largest absolute Gasteiger partial charge is 0.491 e. The molecule has 72 valence electrons. The van der Waals surface area contributed by atoms with Crippen molar-refractivity contribution in [1.82, 2.24) is 0 Å². The Morgan fingerprint density at radius 1 is 1.46 bits per heavy atom. The molecule has 0 unspecified atom stereocenters. The maximum absolute atomic E-state index is 13.2. The molecule has 0 aromatic heterocycles. The zero-order chi connectivity index (χ0) is 10.0. The van der Waals surface area contributed by atoms with Crippen LogP contribution in [0, 0.1) is 11.6 Å². The summed E-state index contributed by atoms with van der Waals surface area (Å²) >= 11 is 2.88. The van der Waals surface area contributed by atoms with Gasteiger partial charge in [0.1, 0.15) is 0 Å². The monoisotopic (exact) mass is 252 g/mol. The normalized spacial score (nSPS) is 10.2. The Morgan fingerprint density at radius 2 is 2.08 bits per heavy atom. The Labute approximate surface area is 82.3 Å². The number of methoxy groups -OCH3 is 1. The predicted molar refractivity (Wildman–Crippen MR) is 46.5 cm³/mol. The van der Waals surface area contributed by atoms with E-state index >= 15 is 0 Å². The van der Waals surface area contributed by atoms with Crippen molar-refractivity contribution < 1.29 is 18.6 Å². The molecule has 0 bridgehead atoms. The van der Waals surface area contributed by atoms with Crippen LogP contribution >= 0.6 is 15.9 Å². The molecule has 2 nitrogen and oxygen atoms in total. The Balaban J connectivity index is 3.39. The smallest absolute Gasteiger partial charge is 0.191 e. The summed E-state index contributed by atoms with van der Waals surface area (Å²) in [7, 11) is 1.16. The van der Waals surface area contributed by atoms with Crippen LogP contribution in [0.1, 0.15) is 5.56 Å². The first-order valence-corrected chi connectivity index (χ1v) is 4.22. The van der Waals surface area contributed by atoms with E-state index in [2.05, 4.69) is 20.7 Å². The van der Waals surface area contributed by atoms with Crippen molar-refractivity contribution in [3.8, 4) is 5.75 Å². The van der Waals surface area contributed by atoms with E-state index in [4.69, 9.17) is 5.11 Å². The van der Waals surface area contributed by atoms with Crippen molar-refractivity contribution >= 4 is 15.9 Å². The third-order valence-electron chi connectivity index (χ3n) is 1.57. The summed E-state index contributed by atoms with van der Waals surface area (Å²) in [4.78, 5) is 0. The second kappa shape index (κ2) is 4.02. The topological polar surface area (TPSA) is 29.5 Å². The van der Waals surface area contributed by atoms with Gasteiger partial charge >= 0.3 is 0 Å². The van der Waals surface area contributed by atoms with E-state index in [1.54, 1.807) is 0 Å². The lowest BCUT2D eigenvalue weighted by atomic mass is 10.2. The molecule has 1 aromatic carbocycles. The van der Waals surface area contributed by atoms with Gasteiger partial charge < -0.3 is 9.84 Å². The van der Waals surface area contributed by atoms with E-state index in [-0.39, 0.29) is 10.0 Å². The van der Waals surface area contributed by atoms with E-state index in [0.717, 1.165) is 7.11 Å². The molecule has 0 heterocycles. The number of rotatable bonds is 2. The van der Waals surface area contributed by atoms with E-state index in [0.29, 0.717) is 0 Å². The number of ether oxygens (including phenoxy) is 1. The van der Waals surface area contributed by atoms with Crippen LogP contribution in [0.15, 0.2) is 10.5 Å². The highest BCUT2D eigenvalue weighted by Crippen LogP contribution is 2.30. The fourth-order valence-electron chi connectivity index (χ4n) is 0.925. The standard InChI is InChI=1S/C8H7BrF2O2/c1-13-8-6(10)4(3-12)2-5(9)7(8)11/h2,12H,3H2,1H3. The van der Waals surface area contributed by atoms with E-state index in [1.807, 2.05) is 0 Å². The van der Waals surface area contributed by atoms with Gasteiger partial charge in [-0.05, 0) is 22.0 Å². The van der Waals surface area contributed by atoms with Crippen LogP contribution in [0.4, 0.5) is 8.78 Å². The quantitative estimate of drug-likeness (QED) is 0.819. The maximum Gasteiger partial charge on any atom is 0.191 e. The van der Waals surface area contributed by atoms with E-state index in [9.17, 15) is 8.78 Å². The summed E-state index contributed by atoms with van der Waals surface area (Å²) in [6.45, 7) is -0.499. The van der Waals surface area contributed by atoms with E-state index < -0.39 is 24.0 Å². The van der Waals surface area contributed by atoms with Gasteiger partial charge in [-0.25, -0.2) is 8.78 Å². The van der Waals surface area contributed by atoms with Gasteiger partial charge in [-0.3, -0.25) is 0 Å². The third kappa shape index (κ3) is 1.81. The number of hydrogen-bond donors (Lipinski definition) is 1. The van der Waals surface area contributed by atoms with Crippen LogP contribution in [0.25, 0.3) is 0 Å². The minimum atomic E-state index is -0.870. The van der Waals surface area contributed by atoms with Crippen molar-refractivity contribution in [2.45, 2.75) is 6.61 Å². The first-order chi connectivity index (χ1) is 6.11. The first kappa shape index (κ1) is 10.4. The van der Waals surface area contributed by atoms with E-state index in [1.165, 1.54) is 6.07 Å². The summed E-state index contributed by atoms with van der Waals surface area (Å²) in [5.74, 6) is -2.17. The molecule has 0 amide bonds.